The highest BCUT2D eigenvalue weighted by atomic mass is 19.4. The van der Waals surface area contributed by atoms with Gasteiger partial charge in [0.1, 0.15) is 0 Å². The van der Waals surface area contributed by atoms with Crippen molar-refractivity contribution in [2.45, 2.75) is 38.4 Å². The molecule has 1 heterocycles. The summed E-state index contributed by atoms with van der Waals surface area (Å²) in [5, 5.41) is 3.25. The van der Waals surface area contributed by atoms with Crippen molar-refractivity contribution < 1.29 is 13.2 Å². The zero-order valence-corrected chi connectivity index (χ0v) is 9.98. The van der Waals surface area contributed by atoms with Gasteiger partial charge in [-0.2, -0.15) is 13.2 Å². The lowest BCUT2D eigenvalue weighted by Gasteiger charge is -2.36. The van der Waals surface area contributed by atoms with Crippen LogP contribution in [0.3, 0.4) is 0 Å². The smallest absolute Gasteiger partial charge is 0.317 e. The molecule has 2 atom stereocenters. The summed E-state index contributed by atoms with van der Waals surface area (Å²) in [7, 11) is 1.94. The molecule has 5 heteroatoms. The van der Waals surface area contributed by atoms with Gasteiger partial charge in [-0.1, -0.05) is 6.92 Å². The molecule has 0 amide bonds. The van der Waals surface area contributed by atoms with Crippen LogP contribution < -0.4 is 5.32 Å². The molecule has 96 valence electrons. The Labute approximate surface area is 95.2 Å². The molecule has 2 nitrogen and oxygen atoms in total. The van der Waals surface area contributed by atoms with E-state index in [1.165, 1.54) is 0 Å². The maximum atomic E-state index is 12.0. The van der Waals surface area contributed by atoms with Gasteiger partial charge in [0.05, 0.1) is 0 Å². The molecule has 0 aromatic rings. The molecule has 0 radical (unpaired) electrons. The summed E-state index contributed by atoms with van der Waals surface area (Å²) in [6, 6.07) is 0.513. The quantitative estimate of drug-likeness (QED) is 0.808. The predicted molar refractivity (Wildman–Crippen MR) is 58.4 cm³/mol. The average molecular weight is 238 g/mol. The SMILES string of the molecule is CNC1CCN(CCCC(F)(F)F)CC1C. The number of piperidine rings is 1. The van der Waals surface area contributed by atoms with Gasteiger partial charge >= 0.3 is 6.18 Å². The molecule has 0 aromatic carbocycles. The lowest BCUT2D eigenvalue weighted by molar-refractivity contribution is -0.136. The highest BCUT2D eigenvalue weighted by molar-refractivity contribution is 4.81. The third-order valence-corrected chi connectivity index (χ3v) is 3.29. The van der Waals surface area contributed by atoms with Crippen LogP contribution in [0.15, 0.2) is 0 Å². The lowest BCUT2D eigenvalue weighted by Crippen LogP contribution is -2.47. The van der Waals surface area contributed by atoms with E-state index in [9.17, 15) is 13.2 Å². The number of nitrogens with one attached hydrogen (secondary N) is 1. The van der Waals surface area contributed by atoms with Crippen LogP contribution in [0.1, 0.15) is 26.2 Å². The van der Waals surface area contributed by atoms with Crippen molar-refractivity contribution in [2.75, 3.05) is 26.7 Å². The summed E-state index contributed by atoms with van der Waals surface area (Å²) in [5.41, 5.74) is 0. The monoisotopic (exact) mass is 238 g/mol. The van der Waals surface area contributed by atoms with E-state index < -0.39 is 12.6 Å². The number of alkyl halides is 3. The van der Waals surface area contributed by atoms with Crippen LogP contribution in [0.2, 0.25) is 0 Å². The second kappa shape index (κ2) is 5.87. The number of hydrogen-bond donors (Lipinski definition) is 1. The number of hydrogen-bond acceptors (Lipinski definition) is 2. The Balaban J connectivity index is 2.20. The Hall–Kier alpha value is -0.290. The van der Waals surface area contributed by atoms with Crippen LogP contribution in [-0.2, 0) is 0 Å². The van der Waals surface area contributed by atoms with Crippen LogP contribution in [0, 0.1) is 5.92 Å². The van der Waals surface area contributed by atoms with Crippen LogP contribution in [0.25, 0.3) is 0 Å². The minimum atomic E-state index is -4.01. The number of halogens is 3. The number of rotatable bonds is 4. The molecule has 2 unspecified atom stereocenters. The standard InChI is InChI=1S/C11H21F3N2/c1-9-8-16(7-4-10(9)15-2)6-3-5-11(12,13)14/h9-10,15H,3-8H2,1-2H3. The van der Waals surface area contributed by atoms with E-state index in [4.69, 9.17) is 0 Å². The maximum absolute atomic E-state index is 12.0. The zero-order valence-electron chi connectivity index (χ0n) is 9.98. The van der Waals surface area contributed by atoms with E-state index in [2.05, 4.69) is 17.1 Å². The third-order valence-electron chi connectivity index (χ3n) is 3.29. The van der Waals surface area contributed by atoms with Crippen molar-refractivity contribution in [3.05, 3.63) is 0 Å². The van der Waals surface area contributed by atoms with Crippen LogP contribution in [-0.4, -0.2) is 43.8 Å². The largest absolute Gasteiger partial charge is 0.389 e. The van der Waals surface area contributed by atoms with Gasteiger partial charge in [0.25, 0.3) is 0 Å². The van der Waals surface area contributed by atoms with Gasteiger partial charge < -0.3 is 10.2 Å². The van der Waals surface area contributed by atoms with Gasteiger partial charge in [0, 0.05) is 19.0 Å². The first-order valence-electron chi connectivity index (χ1n) is 5.89. The van der Waals surface area contributed by atoms with Crippen molar-refractivity contribution in [2.24, 2.45) is 5.92 Å². The van der Waals surface area contributed by atoms with E-state index >= 15 is 0 Å². The highest BCUT2D eigenvalue weighted by Crippen LogP contribution is 2.22. The second-order valence-corrected chi connectivity index (χ2v) is 4.68. The zero-order chi connectivity index (χ0) is 12.2. The highest BCUT2D eigenvalue weighted by Gasteiger charge is 2.28. The first-order valence-corrected chi connectivity index (χ1v) is 5.89. The predicted octanol–water partition coefficient (Wildman–Crippen LogP) is 2.26. The second-order valence-electron chi connectivity index (χ2n) is 4.68. The summed E-state index contributed by atoms with van der Waals surface area (Å²) in [5.74, 6) is 0.518. The Morgan fingerprint density at radius 3 is 2.56 bits per heavy atom. The Morgan fingerprint density at radius 2 is 2.06 bits per heavy atom. The van der Waals surface area contributed by atoms with Gasteiger partial charge in [-0.25, -0.2) is 0 Å². The molecule has 0 bridgehead atoms. The van der Waals surface area contributed by atoms with Gasteiger partial charge in [0.15, 0.2) is 0 Å². The molecule has 0 saturated carbocycles. The normalized spacial score (nSPS) is 28.3. The van der Waals surface area contributed by atoms with Gasteiger partial charge in [0.2, 0.25) is 0 Å². The molecule has 0 aliphatic carbocycles. The van der Waals surface area contributed by atoms with Crippen molar-refractivity contribution in [3.63, 3.8) is 0 Å². The molecule has 1 aliphatic rings. The summed E-state index contributed by atoms with van der Waals surface area (Å²) >= 11 is 0. The van der Waals surface area contributed by atoms with Crippen LogP contribution in [0.5, 0.6) is 0 Å². The molecular formula is C11H21F3N2. The molecule has 1 rings (SSSR count). The van der Waals surface area contributed by atoms with Crippen molar-refractivity contribution in [3.8, 4) is 0 Å². The molecule has 16 heavy (non-hydrogen) atoms. The summed E-state index contributed by atoms with van der Waals surface area (Å²) < 4.78 is 35.9. The Bertz CT molecular complexity index is 206. The summed E-state index contributed by atoms with van der Waals surface area (Å²) in [6.45, 7) is 4.54. The topological polar surface area (TPSA) is 15.3 Å². The fourth-order valence-corrected chi connectivity index (χ4v) is 2.37. The van der Waals surface area contributed by atoms with E-state index in [-0.39, 0.29) is 6.42 Å². The molecule has 1 aliphatic heterocycles. The number of likely N-dealkylation sites (tertiary alicyclic amines) is 1. The first kappa shape index (κ1) is 13.8. The van der Waals surface area contributed by atoms with Crippen molar-refractivity contribution in [1.29, 1.82) is 0 Å². The summed E-state index contributed by atoms with van der Waals surface area (Å²) in [6.07, 6.45) is -3.41. The molecule has 1 saturated heterocycles. The van der Waals surface area contributed by atoms with Crippen LogP contribution in [0.4, 0.5) is 13.2 Å². The van der Waals surface area contributed by atoms with Gasteiger partial charge in [-0.15, -0.1) is 0 Å². The van der Waals surface area contributed by atoms with Gasteiger partial charge in [-0.3, -0.25) is 0 Å². The van der Waals surface area contributed by atoms with Crippen molar-refractivity contribution >= 4 is 0 Å². The molecule has 0 aromatic heterocycles. The minimum absolute atomic E-state index is 0.223. The van der Waals surface area contributed by atoms with E-state index in [1.807, 2.05) is 7.05 Å². The fraction of sp³-hybridized carbons (Fsp3) is 1.00. The Morgan fingerprint density at radius 1 is 1.38 bits per heavy atom. The van der Waals surface area contributed by atoms with Crippen molar-refractivity contribution in [1.82, 2.24) is 10.2 Å². The van der Waals surface area contributed by atoms with Crippen LogP contribution >= 0.6 is 0 Å². The fourth-order valence-electron chi connectivity index (χ4n) is 2.37. The van der Waals surface area contributed by atoms with E-state index in [0.717, 1.165) is 19.5 Å². The lowest BCUT2D eigenvalue weighted by atomic mass is 9.94. The maximum Gasteiger partial charge on any atom is 0.389 e. The molecule has 1 fully saturated rings. The summed E-state index contributed by atoms with van der Waals surface area (Å²) in [4.78, 5) is 2.14. The van der Waals surface area contributed by atoms with E-state index in [1.54, 1.807) is 0 Å². The Kier molecular flexibility index (Phi) is 5.05. The minimum Gasteiger partial charge on any atom is -0.317 e. The number of nitrogens with zero attached hydrogens (tertiary/aromatic N) is 1. The molecular weight excluding hydrogens is 217 g/mol. The van der Waals surface area contributed by atoms with Gasteiger partial charge in [-0.05, 0) is 38.9 Å². The molecule has 1 N–H and O–H groups in total. The first-order chi connectivity index (χ1) is 7.42. The average Bonchev–Trinajstić information content (AvgIpc) is 2.16. The van der Waals surface area contributed by atoms with E-state index in [0.29, 0.717) is 18.5 Å². The molecule has 0 spiro atoms. The third kappa shape index (κ3) is 4.70.